The van der Waals surface area contributed by atoms with Crippen LogP contribution in [0.1, 0.15) is 60.1 Å². The zero-order valence-electron chi connectivity index (χ0n) is 11.6. The van der Waals surface area contributed by atoms with E-state index in [1.165, 1.54) is 18.6 Å². The van der Waals surface area contributed by atoms with Crippen LogP contribution in [0.4, 0.5) is 0 Å². The molecule has 0 saturated carbocycles. The number of carboxylic acid groups (broad SMARTS) is 1. The summed E-state index contributed by atoms with van der Waals surface area (Å²) in [7, 11) is 0. The van der Waals surface area contributed by atoms with Gasteiger partial charge in [-0.05, 0) is 39.4 Å². The van der Waals surface area contributed by atoms with Gasteiger partial charge in [0.25, 0.3) is 0 Å². The van der Waals surface area contributed by atoms with Crippen LogP contribution in [-0.2, 0) is 4.79 Å². The molecule has 0 aromatic carbocycles. The highest BCUT2D eigenvalue weighted by Gasteiger charge is 2.24. The van der Waals surface area contributed by atoms with Crippen LogP contribution in [-0.4, -0.2) is 26.8 Å². The first kappa shape index (κ1) is 14.3. The van der Waals surface area contributed by atoms with E-state index in [9.17, 15) is 4.79 Å². The van der Waals surface area contributed by atoms with Crippen LogP contribution in [0.3, 0.4) is 0 Å². The van der Waals surface area contributed by atoms with Gasteiger partial charge in [0.1, 0.15) is 5.82 Å². The summed E-state index contributed by atoms with van der Waals surface area (Å²) < 4.78 is 0. The Kier molecular flexibility index (Phi) is 4.45. The molecule has 2 rings (SSSR count). The molecule has 4 nitrogen and oxygen atoms in total. The van der Waals surface area contributed by atoms with Crippen molar-refractivity contribution in [3.63, 3.8) is 0 Å². The number of rotatable bonds is 3. The zero-order chi connectivity index (χ0) is 14.0. The summed E-state index contributed by atoms with van der Waals surface area (Å²) in [4.78, 5) is 20.3. The van der Waals surface area contributed by atoms with Crippen LogP contribution < -0.4 is 0 Å². The van der Waals surface area contributed by atoms with E-state index in [2.05, 4.69) is 9.97 Å². The average Bonchev–Trinajstić information content (AvgIpc) is 2.38. The third-order valence-corrected chi connectivity index (χ3v) is 4.99. The first-order valence-corrected chi connectivity index (χ1v) is 7.75. The molecule has 0 amide bonds. The Bertz CT molecular complexity index is 461. The van der Waals surface area contributed by atoms with Gasteiger partial charge in [-0.15, -0.1) is 0 Å². The van der Waals surface area contributed by atoms with Crippen molar-refractivity contribution in [1.82, 2.24) is 9.97 Å². The maximum atomic E-state index is 11.1. The minimum absolute atomic E-state index is 0.375. The highest BCUT2D eigenvalue weighted by molar-refractivity contribution is 7.99. The maximum absolute atomic E-state index is 11.1. The molecule has 1 fully saturated rings. The van der Waals surface area contributed by atoms with E-state index in [0.29, 0.717) is 5.25 Å². The van der Waals surface area contributed by atoms with Crippen molar-refractivity contribution in [2.75, 3.05) is 5.75 Å². The van der Waals surface area contributed by atoms with Gasteiger partial charge < -0.3 is 5.11 Å². The molecular formula is C14H20N2O2S. The van der Waals surface area contributed by atoms with E-state index in [4.69, 9.17) is 5.11 Å². The van der Waals surface area contributed by atoms with Crippen LogP contribution in [0.15, 0.2) is 0 Å². The van der Waals surface area contributed by atoms with Crippen LogP contribution in [0, 0.1) is 13.8 Å². The lowest BCUT2D eigenvalue weighted by Gasteiger charge is -2.22. The normalized spacial score (nSPS) is 21.1. The minimum Gasteiger partial charge on any atom is -0.481 e. The maximum Gasteiger partial charge on any atom is 0.310 e. The van der Waals surface area contributed by atoms with Crippen molar-refractivity contribution in [3.8, 4) is 0 Å². The molecule has 0 spiro atoms. The number of carbonyl (C=O) groups is 1. The fraction of sp³-hybridized carbons (Fsp3) is 0.643. The van der Waals surface area contributed by atoms with Crippen LogP contribution in [0.5, 0.6) is 0 Å². The smallest absolute Gasteiger partial charge is 0.310 e. The van der Waals surface area contributed by atoms with Gasteiger partial charge in [0.05, 0.1) is 11.2 Å². The fourth-order valence-electron chi connectivity index (χ4n) is 2.59. The molecule has 1 saturated heterocycles. The lowest BCUT2D eigenvalue weighted by atomic mass is 9.98. The largest absolute Gasteiger partial charge is 0.481 e. The predicted octanol–water partition coefficient (Wildman–Crippen LogP) is 3.24. The van der Waals surface area contributed by atoms with E-state index >= 15 is 0 Å². The number of aryl methyl sites for hydroxylation is 2. The molecule has 0 bridgehead atoms. The summed E-state index contributed by atoms with van der Waals surface area (Å²) >= 11 is 1.91. The first-order chi connectivity index (χ1) is 9.00. The highest BCUT2D eigenvalue weighted by atomic mass is 32.2. The molecule has 2 atom stereocenters. The molecule has 5 heteroatoms. The number of aliphatic carboxylic acids is 1. The number of thioether (sulfide) groups is 1. The van der Waals surface area contributed by atoms with E-state index in [0.717, 1.165) is 29.2 Å². The number of carboxylic acids is 1. The minimum atomic E-state index is -0.824. The van der Waals surface area contributed by atoms with E-state index < -0.39 is 11.9 Å². The third-order valence-electron chi connectivity index (χ3n) is 3.62. The van der Waals surface area contributed by atoms with E-state index in [-0.39, 0.29) is 0 Å². The van der Waals surface area contributed by atoms with Crippen molar-refractivity contribution in [3.05, 3.63) is 22.8 Å². The summed E-state index contributed by atoms with van der Waals surface area (Å²) in [5, 5.41) is 9.52. The van der Waals surface area contributed by atoms with Gasteiger partial charge in [0.15, 0.2) is 0 Å². The number of hydrogen-bond acceptors (Lipinski definition) is 4. The van der Waals surface area contributed by atoms with E-state index in [1.54, 1.807) is 6.92 Å². The second-order valence-electron chi connectivity index (χ2n) is 5.08. The molecule has 1 aliphatic rings. The highest BCUT2D eigenvalue weighted by Crippen LogP contribution is 2.37. The van der Waals surface area contributed by atoms with E-state index in [1.807, 2.05) is 25.6 Å². The van der Waals surface area contributed by atoms with Crippen LogP contribution in [0.25, 0.3) is 0 Å². The fourth-order valence-corrected chi connectivity index (χ4v) is 3.83. The third kappa shape index (κ3) is 3.08. The van der Waals surface area contributed by atoms with Crippen LogP contribution in [0.2, 0.25) is 0 Å². The second kappa shape index (κ2) is 5.90. The lowest BCUT2D eigenvalue weighted by Crippen LogP contribution is -2.16. The first-order valence-electron chi connectivity index (χ1n) is 6.70. The Morgan fingerprint density at radius 2 is 1.95 bits per heavy atom. The van der Waals surface area contributed by atoms with Gasteiger partial charge in [0.2, 0.25) is 0 Å². The molecule has 0 radical (unpaired) electrons. The van der Waals surface area contributed by atoms with Gasteiger partial charge in [-0.1, -0.05) is 6.42 Å². The summed E-state index contributed by atoms with van der Waals surface area (Å²) in [6, 6.07) is 0. The van der Waals surface area contributed by atoms with Gasteiger partial charge in [0, 0.05) is 17.0 Å². The molecule has 2 heterocycles. The molecule has 1 aromatic rings. The van der Waals surface area contributed by atoms with Crippen LogP contribution >= 0.6 is 11.8 Å². The molecule has 1 N–H and O–H groups in total. The Labute approximate surface area is 118 Å². The quantitative estimate of drug-likeness (QED) is 0.921. The van der Waals surface area contributed by atoms with Gasteiger partial charge in [-0.25, -0.2) is 9.97 Å². The Morgan fingerprint density at radius 3 is 2.42 bits per heavy atom. The number of aromatic nitrogens is 2. The van der Waals surface area contributed by atoms with Crippen molar-refractivity contribution in [2.24, 2.45) is 0 Å². The van der Waals surface area contributed by atoms with Gasteiger partial charge >= 0.3 is 5.97 Å². The summed E-state index contributed by atoms with van der Waals surface area (Å²) in [5.74, 6) is 0.669. The molecular weight excluding hydrogens is 260 g/mol. The predicted molar refractivity (Wildman–Crippen MR) is 76.6 cm³/mol. The molecule has 1 aromatic heterocycles. The topological polar surface area (TPSA) is 63.1 Å². The Morgan fingerprint density at radius 1 is 1.32 bits per heavy atom. The second-order valence-corrected chi connectivity index (χ2v) is 6.39. The van der Waals surface area contributed by atoms with Gasteiger partial charge in [-0.3, -0.25) is 4.79 Å². The lowest BCUT2D eigenvalue weighted by molar-refractivity contribution is -0.138. The summed E-state index contributed by atoms with van der Waals surface area (Å²) in [5.41, 5.74) is 2.38. The van der Waals surface area contributed by atoms with Gasteiger partial charge in [-0.2, -0.15) is 11.8 Å². The standard InChI is InChI=1S/C14H20N2O2S/c1-8(14(17)18)12-9(2)15-13(16-10(12)3)11-6-4-5-7-19-11/h8,11H,4-7H2,1-3H3,(H,17,18). The SMILES string of the molecule is Cc1nc(C2CCCCS2)nc(C)c1C(C)C(=O)O. The summed E-state index contributed by atoms with van der Waals surface area (Å²) in [6.45, 7) is 5.47. The van der Waals surface area contributed by atoms with Crippen molar-refractivity contribution < 1.29 is 9.90 Å². The number of hydrogen-bond donors (Lipinski definition) is 1. The monoisotopic (exact) mass is 280 g/mol. The summed E-state index contributed by atoms with van der Waals surface area (Å²) in [6.07, 6.45) is 3.62. The molecule has 1 aliphatic heterocycles. The molecule has 0 aliphatic carbocycles. The number of nitrogens with zero attached hydrogens (tertiary/aromatic N) is 2. The van der Waals surface area contributed by atoms with Crippen molar-refractivity contribution in [1.29, 1.82) is 0 Å². The molecule has 2 unspecified atom stereocenters. The Balaban J connectivity index is 2.33. The van der Waals surface area contributed by atoms with Crippen molar-refractivity contribution in [2.45, 2.75) is 51.2 Å². The molecule has 104 valence electrons. The zero-order valence-corrected chi connectivity index (χ0v) is 12.5. The van der Waals surface area contributed by atoms with Crippen molar-refractivity contribution >= 4 is 17.7 Å². The molecule has 19 heavy (non-hydrogen) atoms. The average molecular weight is 280 g/mol. The Hall–Kier alpha value is -1.10.